The lowest BCUT2D eigenvalue weighted by Gasteiger charge is -2.19. The average Bonchev–Trinajstić information content (AvgIpc) is 2.45. The Morgan fingerprint density at radius 2 is 1.70 bits per heavy atom. The maximum Gasteiger partial charge on any atom is 0.242 e. The molecule has 0 aliphatic carbocycles. The molecule has 2 amide bonds. The van der Waals surface area contributed by atoms with Crippen LogP contribution < -0.4 is 5.32 Å². The summed E-state index contributed by atoms with van der Waals surface area (Å²) in [5.74, 6) is -0.312. The number of hydrogen-bond donors (Lipinski definition) is 1. The summed E-state index contributed by atoms with van der Waals surface area (Å²) in [5, 5.41) is 2.63. The third-order valence-electron chi connectivity index (χ3n) is 2.70. The smallest absolute Gasteiger partial charge is 0.242 e. The molecule has 1 rings (SSSR count). The highest BCUT2D eigenvalue weighted by atomic mass is 16.2. The van der Waals surface area contributed by atoms with Gasteiger partial charge in [-0.25, -0.2) is 0 Å². The molecule has 1 aromatic carbocycles. The second kappa shape index (κ2) is 8.69. The van der Waals surface area contributed by atoms with Crippen LogP contribution in [0.15, 0.2) is 55.6 Å². The Kier molecular flexibility index (Phi) is 6.82. The van der Waals surface area contributed by atoms with E-state index in [2.05, 4.69) is 18.5 Å². The maximum atomic E-state index is 11.9. The molecule has 0 aliphatic rings. The second-order valence-electron chi connectivity index (χ2n) is 4.32. The van der Waals surface area contributed by atoms with Gasteiger partial charge in [0, 0.05) is 13.1 Å². The van der Waals surface area contributed by atoms with Crippen molar-refractivity contribution in [1.29, 1.82) is 0 Å². The van der Waals surface area contributed by atoms with E-state index in [4.69, 9.17) is 0 Å². The lowest BCUT2D eigenvalue weighted by molar-refractivity contribution is -0.131. The van der Waals surface area contributed by atoms with E-state index in [1.165, 1.54) is 0 Å². The largest absolute Gasteiger partial charge is 0.347 e. The summed E-state index contributed by atoms with van der Waals surface area (Å²) in [5.41, 5.74) is 0.923. The van der Waals surface area contributed by atoms with Crippen molar-refractivity contribution in [2.45, 2.75) is 6.42 Å². The molecule has 0 unspecified atom stereocenters. The number of rotatable bonds is 8. The highest BCUT2D eigenvalue weighted by molar-refractivity contribution is 5.85. The van der Waals surface area contributed by atoms with E-state index < -0.39 is 0 Å². The van der Waals surface area contributed by atoms with Gasteiger partial charge in [-0.05, 0) is 5.56 Å². The fraction of sp³-hybridized carbons (Fsp3) is 0.250. The summed E-state index contributed by atoms with van der Waals surface area (Å²) >= 11 is 0. The van der Waals surface area contributed by atoms with Crippen molar-refractivity contribution >= 4 is 11.8 Å². The van der Waals surface area contributed by atoms with E-state index in [0.29, 0.717) is 13.1 Å². The zero-order valence-electron chi connectivity index (χ0n) is 11.5. The van der Waals surface area contributed by atoms with Gasteiger partial charge in [0.05, 0.1) is 13.0 Å². The van der Waals surface area contributed by atoms with Gasteiger partial charge < -0.3 is 10.2 Å². The van der Waals surface area contributed by atoms with Crippen LogP contribution in [0.2, 0.25) is 0 Å². The first kappa shape index (κ1) is 15.7. The van der Waals surface area contributed by atoms with Crippen molar-refractivity contribution in [3.8, 4) is 0 Å². The standard InChI is InChI=1S/C16H20N2O2/c1-3-10-18(11-4-2)16(20)13-17-15(19)12-14-8-6-5-7-9-14/h3-9H,1-2,10-13H2,(H,17,19). The third kappa shape index (κ3) is 5.52. The van der Waals surface area contributed by atoms with Crippen LogP contribution in [0.4, 0.5) is 0 Å². The maximum absolute atomic E-state index is 11.9. The summed E-state index contributed by atoms with van der Waals surface area (Å²) in [7, 11) is 0. The van der Waals surface area contributed by atoms with E-state index in [1.54, 1.807) is 17.1 Å². The molecular formula is C16H20N2O2. The predicted octanol–water partition coefficient (Wildman–Crippen LogP) is 1.55. The molecule has 1 N–H and O–H groups in total. The van der Waals surface area contributed by atoms with Gasteiger partial charge >= 0.3 is 0 Å². The minimum absolute atomic E-state index is 0.00660. The Morgan fingerprint density at radius 1 is 1.10 bits per heavy atom. The van der Waals surface area contributed by atoms with Crippen molar-refractivity contribution in [2.24, 2.45) is 0 Å². The van der Waals surface area contributed by atoms with Crippen molar-refractivity contribution in [3.05, 3.63) is 61.2 Å². The first-order valence-electron chi connectivity index (χ1n) is 6.47. The molecule has 4 heteroatoms. The Balaban J connectivity index is 2.41. The summed E-state index contributed by atoms with van der Waals surface area (Å²) in [6.45, 7) is 8.08. The number of nitrogens with zero attached hydrogens (tertiary/aromatic N) is 1. The fourth-order valence-corrected chi connectivity index (χ4v) is 1.72. The van der Waals surface area contributed by atoms with E-state index in [0.717, 1.165) is 5.56 Å². The Morgan fingerprint density at radius 3 is 2.25 bits per heavy atom. The number of carbonyl (C=O) groups is 2. The van der Waals surface area contributed by atoms with Gasteiger partial charge in [-0.1, -0.05) is 42.5 Å². The lowest BCUT2D eigenvalue weighted by Crippen LogP contribution is -2.40. The van der Waals surface area contributed by atoms with E-state index in [-0.39, 0.29) is 24.8 Å². The molecule has 0 saturated heterocycles. The summed E-state index contributed by atoms with van der Waals surface area (Å²) < 4.78 is 0. The third-order valence-corrected chi connectivity index (χ3v) is 2.70. The summed E-state index contributed by atoms with van der Waals surface area (Å²) in [6, 6.07) is 9.41. The molecule has 0 spiro atoms. The highest BCUT2D eigenvalue weighted by Crippen LogP contribution is 1.99. The Bertz CT molecular complexity index is 459. The summed E-state index contributed by atoms with van der Waals surface area (Å²) in [6.07, 6.45) is 3.57. The molecule has 20 heavy (non-hydrogen) atoms. The fourth-order valence-electron chi connectivity index (χ4n) is 1.72. The van der Waals surface area contributed by atoms with Crippen LogP contribution in [-0.4, -0.2) is 36.3 Å². The molecule has 0 radical (unpaired) electrons. The quantitative estimate of drug-likeness (QED) is 0.730. The zero-order chi connectivity index (χ0) is 14.8. The number of nitrogens with one attached hydrogen (secondary N) is 1. The van der Waals surface area contributed by atoms with Crippen molar-refractivity contribution < 1.29 is 9.59 Å². The molecule has 0 heterocycles. The van der Waals surface area contributed by atoms with Gasteiger partial charge in [0.2, 0.25) is 11.8 Å². The zero-order valence-corrected chi connectivity index (χ0v) is 11.5. The van der Waals surface area contributed by atoms with Crippen LogP contribution in [0.25, 0.3) is 0 Å². The van der Waals surface area contributed by atoms with Crippen LogP contribution >= 0.6 is 0 Å². The van der Waals surface area contributed by atoms with Gasteiger partial charge in [0.15, 0.2) is 0 Å². The lowest BCUT2D eigenvalue weighted by atomic mass is 10.1. The van der Waals surface area contributed by atoms with Gasteiger partial charge in [0.25, 0.3) is 0 Å². The molecule has 0 fully saturated rings. The molecule has 0 saturated carbocycles. The molecule has 0 bridgehead atoms. The van der Waals surface area contributed by atoms with Crippen molar-refractivity contribution in [1.82, 2.24) is 10.2 Å². The van der Waals surface area contributed by atoms with E-state index >= 15 is 0 Å². The van der Waals surface area contributed by atoms with Gasteiger partial charge in [-0.15, -0.1) is 13.2 Å². The molecule has 0 aliphatic heterocycles. The molecule has 1 aromatic rings. The Labute approximate surface area is 119 Å². The number of hydrogen-bond acceptors (Lipinski definition) is 2. The van der Waals surface area contributed by atoms with Crippen LogP contribution in [0.1, 0.15) is 5.56 Å². The molecule has 0 aromatic heterocycles. The topological polar surface area (TPSA) is 49.4 Å². The predicted molar refractivity (Wildman–Crippen MR) is 80.1 cm³/mol. The summed E-state index contributed by atoms with van der Waals surface area (Å²) in [4.78, 5) is 25.2. The molecule has 0 atom stereocenters. The molecule has 106 valence electrons. The van der Waals surface area contributed by atoms with Crippen LogP contribution in [0.3, 0.4) is 0 Å². The number of benzene rings is 1. The van der Waals surface area contributed by atoms with Crippen molar-refractivity contribution in [2.75, 3.05) is 19.6 Å². The van der Waals surface area contributed by atoms with Crippen LogP contribution in [0, 0.1) is 0 Å². The SMILES string of the molecule is C=CCN(CC=C)C(=O)CNC(=O)Cc1ccccc1. The average molecular weight is 272 g/mol. The first-order valence-corrected chi connectivity index (χ1v) is 6.47. The van der Waals surface area contributed by atoms with Crippen molar-refractivity contribution in [3.63, 3.8) is 0 Å². The van der Waals surface area contributed by atoms with E-state index in [9.17, 15) is 9.59 Å². The molecule has 4 nitrogen and oxygen atoms in total. The van der Waals surface area contributed by atoms with Crippen LogP contribution in [0.5, 0.6) is 0 Å². The number of carbonyl (C=O) groups excluding carboxylic acids is 2. The highest BCUT2D eigenvalue weighted by Gasteiger charge is 2.12. The first-order chi connectivity index (χ1) is 9.67. The van der Waals surface area contributed by atoms with Gasteiger partial charge in [0.1, 0.15) is 0 Å². The number of amides is 2. The Hall–Kier alpha value is -2.36. The minimum atomic E-state index is -0.165. The minimum Gasteiger partial charge on any atom is -0.347 e. The molecular weight excluding hydrogens is 252 g/mol. The van der Waals surface area contributed by atoms with E-state index in [1.807, 2.05) is 30.3 Å². The van der Waals surface area contributed by atoms with Gasteiger partial charge in [-0.3, -0.25) is 9.59 Å². The monoisotopic (exact) mass is 272 g/mol. The normalized spacial score (nSPS) is 9.60. The second-order valence-corrected chi connectivity index (χ2v) is 4.32. The van der Waals surface area contributed by atoms with Crippen LogP contribution in [-0.2, 0) is 16.0 Å². The van der Waals surface area contributed by atoms with Gasteiger partial charge in [-0.2, -0.15) is 0 Å².